The molecule has 7 nitrogen and oxygen atoms in total. The topological polar surface area (TPSA) is 101 Å². The Bertz CT molecular complexity index is 654. The molecule has 2 rings (SSSR count). The first-order valence-electron chi connectivity index (χ1n) is 7.09. The van der Waals surface area contributed by atoms with Crippen LogP contribution in [0.25, 0.3) is 0 Å². The molecule has 1 aromatic heterocycles. The van der Waals surface area contributed by atoms with Crippen molar-refractivity contribution in [1.82, 2.24) is 10.3 Å². The van der Waals surface area contributed by atoms with Gasteiger partial charge in [-0.3, -0.25) is 4.79 Å². The molecule has 0 saturated heterocycles. The Hall–Kier alpha value is -2.44. The average Bonchev–Trinajstić information content (AvgIpc) is 2.75. The molecule has 2 heterocycles. The highest BCUT2D eigenvalue weighted by Crippen LogP contribution is 2.29. The van der Waals surface area contributed by atoms with E-state index in [0.717, 1.165) is 5.56 Å². The highest BCUT2D eigenvalue weighted by molar-refractivity contribution is 6.15. The summed E-state index contributed by atoms with van der Waals surface area (Å²) in [7, 11) is 0. The molecule has 0 fully saturated rings. The van der Waals surface area contributed by atoms with Gasteiger partial charge in [0.05, 0.1) is 0 Å². The van der Waals surface area contributed by atoms with Gasteiger partial charge in [-0.05, 0) is 30.9 Å². The van der Waals surface area contributed by atoms with Gasteiger partial charge in [-0.1, -0.05) is 20.8 Å². The van der Waals surface area contributed by atoms with E-state index in [1.807, 2.05) is 20.8 Å². The lowest BCUT2D eigenvalue weighted by Crippen LogP contribution is -2.41. The fraction of sp³-hybridized carbons (Fsp3) is 0.467. The number of carbonyl (C=O) groups excluding carboxylic acids is 1. The SMILES string of the molecule is CCc1cnc(C2=NC(C)(C(C)C)C(=O)N2)c(OC(=O)O)c1. The predicted octanol–water partition coefficient (Wildman–Crippen LogP) is 1.99. The summed E-state index contributed by atoms with van der Waals surface area (Å²) >= 11 is 0. The second-order valence-corrected chi connectivity index (χ2v) is 5.63. The molecule has 0 saturated carbocycles. The van der Waals surface area contributed by atoms with E-state index in [0.29, 0.717) is 6.42 Å². The Kier molecular flexibility index (Phi) is 4.16. The van der Waals surface area contributed by atoms with E-state index in [1.165, 1.54) is 0 Å². The van der Waals surface area contributed by atoms with Crippen LogP contribution < -0.4 is 10.1 Å². The number of nitrogens with one attached hydrogen (secondary N) is 1. The molecule has 0 bridgehead atoms. The van der Waals surface area contributed by atoms with Crippen LogP contribution in [-0.2, 0) is 11.2 Å². The molecule has 22 heavy (non-hydrogen) atoms. The van der Waals surface area contributed by atoms with Gasteiger partial charge < -0.3 is 15.2 Å². The molecule has 0 aromatic carbocycles. The summed E-state index contributed by atoms with van der Waals surface area (Å²) in [5, 5.41) is 11.5. The molecule has 1 unspecified atom stereocenters. The van der Waals surface area contributed by atoms with Crippen molar-refractivity contribution in [1.29, 1.82) is 0 Å². The molecule has 1 atom stereocenters. The van der Waals surface area contributed by atoms with Gasteiger partial charge in [0.2, 0.25) is 0 Å². The molecule has 1 aliphatic rings. The zero-order valence-corrected chi connectivity index (χ0v) is 13.0. The minimum atomic E-state index is -1.44. The molecule has 0 spiro atoms. The van der Waals surface area contributed by atoms with Crippen LogP contribution in [-0.4, -0.2) is 33.5 Å². The summed E-state index contributed by atoms with van der Waals surface area (Å²) in [5.41, 5.74) is 0.148. The first-order valence-corrected chi connectivity index (χ1v) is 7.09. The van der Waals surface area contributed by atoms with Crippen LogP contribution in [0.4, 0.5) is 4.79 Å². The van der Waals surface area contributed by atoms with E-state index in [2.05, 4.69) is 15.3 Å². The summed E-state index contributed by atoms with van der Waals surface area (Å²) in [6.45, 7) is 7.45. The standard InChI is InChI=1S/C15H19N3O4/c1-5-9-6-10(22-14(20)21)11(16-7-9)12-17-13(19)15(4,18-12)8(2)3/h6-8H,5H2,1-4H3,(H,20,21)(H,17,18,19). The van der Waals surface area contributed by atoms with E-state index in [4.69, 9.17) is 9.84 Å². The van der Waals surface area contributed by atoms with Crippen molar-refractivity contribution in [2.24, 2.45) is 10.9 Å². The number of hydrogen-bond acceptors (Lipinski definition) is 5. The van der Waals surface area contributed by atoms with Gasteiger partial charge in [0.25, 0.3) is 5.91 Å². The van der Waals surface area contributed by atoms with Crippen molar-refractivity contribution >= 4 is 17.9 Å². The van der Waals surface area contributed by atoms with E-state index >= 15 is 0 Å². The third kappa shape index (κ3) is 2.79. The van der Waals surface area contributed by atoms with Crippen LogP contribution >= 0.6 is 0 Å². The maximum atomic E-state index is 12.2. The molecular weight excluding hydrogens is 286 g/mol. The number of ether oxygens (including phenoxy) is 1. The number of carboxylic acid groups (broad SMARTS) is 1. The third-order valence-corrected chi connectivity index (χ3v) is 3.90. The molecule has 2 N–H and O–H groups in total. The minimum absolute atomic E-state index is 0.0104. The number of nitrogens with zero attached hydrogens (tertiary/aromatic N) is 2. The van der Waals surface area contributed by atoms with Crippen LogP contribution in [0.3, 0.4) is 0 Å². The smallest absolute Gasteiger partial charge is 0.449 e. The zero-order chi connectivity index (χ0) is 16.5. The average molecular weight is 305 g/mol. The van der Waals surface area contributed by atoms with E-state index in [9.17, 15) is 9.59 Å². The zero-order valence-electron chi connectivity index (χ0n) is 13.0. The fourth-order valence-electron chi connectivity index (χ4n) is 2.08. The van der Waals surface area contributed by atoms with Crippen molar-refractivity contribution < 1.29 is 19.4 Å². The number of pyridine rings is 1. The number of aliphatic imine (C=N–C) groups is 1. The maximum absolute atomic E-state index is 12.2. The van der Waals surface area contributed by atoms with Crippen molar-refractivity contribution in [2.75, 3.05) is 0 Å². The van der Waals surface area contributed by atoms with Crippen LogP contribution in [0.15, 0.2) is 17.3 Å². The first kappa shape index (κ1) is 15.9. The summed E-state index contributed by atoms with van der Waals surface area (Å²) < 4.78 is 4.79. The fourth-order valence-corrected chi connectivity index (χ4v) is 2.08. The van der Waals surface area contributed by atoms with Gasteiger partial charge in [-0.15, -0.1) is 0 Å². The molecule has 1 amide bonds. The minimum Gasteiger partial charge on any atom is -0.449 e. The van der Waals surface area contributed by atoms with Crippen molar-refractivity contribution in [3.8, 4) is 5.75 Å². The van der Waals surface area contributed by atoms with Gasteiger partial charge >= 0.3 is 6.16 Å². The summed E-state index contributed by atoms with van der Waals surface area (Å²) in [6, 6.07) is 1.59. The summed E-state index contributed by atoms with van der Waals surface area (Å²) in [5.74, 6) is 0.0582. The predicted molar refractivity (Wildman–Crippen MR) is 80.2 cm³/mol. The highest BCUT2D eigenvalue weighted by Gasteiger charge is 2.43. The summed E-state index contributed by atoms with van der Waals surface area (Å²) in [6.07, 6.45) is 0.864. The van der Waals surface area contributed by atoms with Crippen LogP contribution in [0.1, 0.15) is 39.0 Å². The second-order valence-electron chi connectivity index (χ2n) is 5.63. The van der Waals surface area contributed by atoms with Gasteiger partial charge in [0.15, 0.2) is 11.6 Å². The number of aryl methyl sites for hydroxylation is 1. The Balaban J connectivity index is 2.49. The van der Waals surface area contributed by atoms with E-state index in [1.54, 1.807) is 19.2 Å². The number of amidine groups is 1. The molecule has 1 aliphatic heterocycles. The van der Waals surface area contributed by atoms with Crippen LogP contribution in [0, 0.1) is 5.92 Å². The second kappa shape index (κ2) is 5.75. The van der Waals surface area contributed by atoms with Crippen molar-refractivity contribution in [3.63, 3.8) is 0 Å². The lowest BCUT2D eigenvalue weighted by molar-refractivity contribution is -0.124. The molecule has 0 radical (unpaired) electrons. The maximum Gasteiger partial charge on any atom is 0.511 e. The van der Waals surface area contributed by atoms with Gasteiger partial charge in [-0.25, -0.2) is 14.8 Å². The monoisotopic (exact) mass is 305 g/mol. The highest BCUT2D eigenvalue weighted by atomic mass is 16.7. The van der Waals surface area contributed by atoms with Crippen molar-refractivity contribution in [3.05, 3.63) is 23.5 Å². The lowest BCUT2D eigenvalue weighted by Gasteiger charge is -2.21. The van der Waals surface area contributed by atoms with Gasteiger partial charge in [0, 0.05) is 6.20 Å². The van der Waals surface area contributed by atoms with Crippen molar-refractivity contribution in [2.45, 2.75) is 39.7 Å². The van der Waals surface area contributed by atoms with E-state index in [-0.39, 0.29) is 29.1 Å². The Labute approximate surface area is 128 Å². The van der Waals surface area contributed by atoms with Crippen LogP contribution in [0.5, 0.6) is 5.75 Å². The molecule has 7 heteroatoms. The lowest BCUT2D eigenvalue weighted by atomic mass is 9.89. The molecule has 1 aromatic rings. The molecule has 118 valence electrons. The normalized spacial score (nSPS) is 20.8. The first-order chi connectivity index (χ1) is 10.3. The number of carbonyl (C=O) groups is 2. The quantitative estimate of drug-likeness (QED) is 0.828. The Morgan fingerprint density at radius 1 is 1.50 bits per heavy atom. The summed E-state index contributed by atoms with van der Waals surface area (Å²) in [4.78, 5) is 31.7. The third-order valence-electron chi connectivity index (χ3n) is 3.90. The van der Waals surface area contributed by atoms with Crippen LogP contribution in [0.2, 0.25) is 0 Å². The van der Waals surface area contributed by atoms with E-state index < -0.39 is 11.7 Å². The number of rotatable bonds is 4. The van der Waals surface area contributed by atoms with Gasteiger partial charge in [-0.2, -0.15) is 0 Å². The van der Waals surface area contributed by atoms with Gasteiger partial charge in [0.1, 0.15) is 11.2 Å². The Morgan fingerprint density at radius 2 is 2.18 bits per heavy atom. The Morgan fingerprint density at radius 3 is 2.68 bits per heavy atom. The molecular formula is C15H19N3O4. The largest absolute Gasteiger partial charge is 0.511 e. The number of amides is 1. The number of aromatic nitrogens is 1. The molecule has 0 aliphatic carbocycles. The number of hydrogen-bond donors (Lipinski definition) is 2.